The second-order valence-electron chi connectivity index (χ2n) is 7.79. The first-order valence-corrected chi connectivity index (χ1v) is 7.57. The van der Waals surface area contributed by atoms with Crippen molar-refractivity contribution in [3.05, 3.63) is 59.0 Å². The quantitative estimate of drug-likeness (QED) is 0.452. The number of aromatic nitrogens is 1. The largest absolute Gasteiger partial charge is 4.00 e. The minimum absolute atomic E-state index is 0. The minimum atomic E-state index is 0. The van der Waals surface area contributed by atoms with Crippen LogP contribution in [0, 0.1) is 12.3 Å². The van der Waals surface area contributed by atoms with Crippen molar-refractivity contribution in [2.75, 3.05) is 0 Å². The Morgan fingerprint density at radius 2 is 1.50 bits per heavy atom. The molecule has 2 rings (SSSR count). The van der Waals surface area contributed by atoms with Crippen LogP contribution in [0.4, 0.5) is 0 Å². The molecule has 1 aromatic rings. The molecule has 0 spiro atoms. The summed E-state index contributed by atoms with van der Waals surface area (Å²) >= 11 is 0. The van der Waals surface area contributed by atoms with Crippen molar-refractivity contribution in [2.45, 2.75) is 66.2 Å². The Labute approximate surface area is 176 Å². The second kappa shape index (κ2) is 11.4. The SMILES string of the molecule is CC(C)(C)c1[c-][nH]cc1C(C)(C)C.CC(C)=C1[C-]=CC=C1.[Cl-].[Cl-].[Ti+4]. The Morgan fingerprint density at radius 1 is 0.958 bits per heavy atom. The molecule has 0 amide bonds. The zero-order chi connectivity index (χ0) is 16.3. The van der Waals surface area contributed by atoms with Crippen molar-refractivity contribution in [2.24, 2.45) is 0 Å². The van der Waals surface area contributed by atoms with Crippen molar-refractivity contribution in [1.82, 2.24) is 4.98 Å². The van der Waals surface area contributed by atoms with Crippen LogP contribution < -0.4 is 24.8 Å². The maximum absolute atomic E-state index is 3.23. The summed E-state index contributed by atoms with van der Waals surface area (Å²) in [4.78, 5) is 3.09. The van der Waals surface area contributed by atoms with Crippen LogP contribution in [-0.4, -0.2) is 4.98 Å². The fourth-order valence-electron chi connectivity index (χ4n) is 2.14. The summed E-state index contributed by atoms with van der Waals surface area (Å²) in [6.45, 7) is 17.6. The van der Waals surface area contributed by atoms with Crippen LogP contribution in [0.1, 0.15) is 66.5 Å². The van der Waals surface area contributed by atoms with E-state index in [-0.39, 0.29) is 57.4 Å². The topological polar surface area (TPSA) is 15.8 Å². The fourth-order valence-corrected chi connectivity index (χ4v) is 2.14. The maximum Gasteiger partial charge on any atom is 4.00 e. The normalized spacial score (nSPS) is 12.4. The van der Waals surface area contributed by atoms with Gasteiger partial charge in [-0.15, -0.1) is 29.6 Å². The summed E-state index contributed by atoms with van der Waals surface area (Å²) in [5.41, 5.74) is 5.63. The van der Waals surface area contributed by atoms with Gasteiger partial charge < -0.3 is 29.8 Å². The summed E-state index contributed by atoms with van der Waals surface area (Å²) < 4.78 is 0. The molecule has 1 aliphatic carbocycles. The van der Waals surface area contributed by atoms with Gasteiger partial charge in [0.2, 0.25) is 0 Å². The minimum Gasteiger partial charge on any atom is -1.00 e. The molecule has 0 fully saturated rings. The smallest absolute Gasteiger partial charge is 1.00 e. The predicted octanol–water partition coefficient (Wildman–Crippen LogP) is -0.333. The molecule has 1 N–H and O–H groups in total. The number of aromatic amines is 1. The van der Waals surface area contributed by atoms with Crippen LogP contribution in [0.25, 0.3) is 0 Å². The molecule has 132 valence electrons. The molecule has 0 saturated heterocycles. The Bertz CT molecular complexity index is 521. The summed E-state index contributed by atoms with van der Waals surface area (Å²) in [6.07, 6.45) is 14.4. The standard InChI is InChI=1S/C12H20N.C8H9.2ClH.Ti/c1-11(2,3)9-7-13-8-10(9)12(4,5)6;1-7(2)8-5-3-4-6-8;;;/h7,13H,1-6H3;3-5H,1-2H3;2*1H;/q2*-1;;;+4/p-2. The number of H-pyrrole nitrogens is 1. The molecule has 0 aliphatic heterocycles. The van der Waals surface area contributed by atoms with E-state index in [1.165, 1.54) is 22.3 Å². The molecule has 0 radical (unpaired) electrons. The first kappa shape index (κ1) is 28.6. The van der Waals surface area contributed by atoms with Crippen molar-refractivity contribution in [3.63, 3.8) is 0 Å². The van der Waals surface area contributed by atoms with E-state index in [1.807, 2.05) is 12.2 Å². The van der Waals surface area contributed by atoms with Gasteiger partial charge in [-0.2, -0.15) is 29.4 Å². The van der Waals surface area contributed by atoms with Gasteiger partial charge in [0.15, 0.2) is 0 Å². The molecule has 1 nitrogen and oxygen atoms in total. The Kier molecular flexibility index (Phi) is 13.6. The van der Waals surface area contributed by atoms with E-state index < -0.39 is 0 Å². The van der Waals surface area contributed by atoms with Crippen LogP contribution in [0.5, 0.6) is 0 Å². The molecule has 24 heavy (non-hydrogen) atoms. The number of allylic oxidation sites excluding steroid dienone is 6. The predicted molar refractivity (Wildman–Crippen MR) is 92.4 cm³/mol. The van der Waals surface area contributed by atoms with Crippen LogP contribution >= 0.6 is 0 Å². The van der Waals surface area contributed by atoms with Crippen LogP contribution in [0.2, 0.25) is 0 Å². The average Bonchev–Trinajstić information content (AvgIpc) is 3.00. The van der Waals surface area contributed by atoms with Gasteiger partial charge in [-0.3, -0.25) is 0 Å². The van der Waals surface area contributed by atoms with Crippen molar-refractivity contribution in [3.8, 4) is 0 Å². The van der Waals surface area contributed by atoms with Gasteiger partial charge in [0.25, 0.3) is 0 Å². The molecule has 4 heteroatoms. The first-order chi connectivity index (χ1) is 9.53. The molecular formula is C20H29Cl2NTi. The van der Waals surface area contributed by atoms with E-state index in [0.717, 1.165) is 0 Å². The summed E-state index contributed by atoms with van der Waals surface area (Å²) in [5.74, 6) is 0. The zero-order valence-corrected chi connectivity index (χ0v) is 19.1. The second-order valence-corrected chi connectivity index (χ2v) is 7.79. The zero-order valence-electron chi connectivity index (χ0n) is 16.1. The molecule has 1 aliphatic rings. The third-order valence-electron chi connectivity index (χ3n) is 3.38. The third kappa shape index (κ3) is 8.76. The van der Waals surface area contributed by atoms with Gasteiger partial charge in [-0.1, -0.05) is 60.8 Å². The van der Waals surface area contributed by atoms with Gasteiger partial charge in [-0.05, 0) is 5.41 Å². The van der Waals surface area contributed by atoms with E-state index in [2.05, 4.69) is 84.9 Å². The molecular weight excluding hydrogens is 373 g/mol. The van der Waals surface area contributed by atoms with E-state index in [9.17, 15) is 0 Å². The Hall–Kier alpha value is -0.206. The Balaban J connectivity index is -0.000000353. The van der Waals surface area contributed by atoms with Crippen molar-refractivity contribution in [1.29, 1.82) is 0 Å². The fraction of sp³-hybridized carbons (Fsp3) is 0.500. The van der Waals surface area contributed by atoms with Crippen LogP contribution in [-0.2, 0) is 32.5 Å². The Morgan fingerprint density at radius 3 is 1.75 bits per heavy atom. The molecule has 0 atom stereocenters. The number of hydrogen-bond donors (Lipinski definition) is 1. The number of halogens is 2. The van der Waals surface area contributed by atoms with Gasteiger partial charge in [0, 0.05) is 0 Å². The summed E-state index contributed by atoms with van der Waals surface area (Å²) in [7, 11) is 0. The molecule has 0 bridgehead atoms. The van der Waals surface area contributed by atoms with E-state index >= 15 is 0 Å². The first-order valence-electron chi connectivity index (χ1n) is 7.57. The van der Waals surface area contributed by atoms with Gasteiger partial charge in [0.05, 0.1) is 0 Å². The van der Waals surface area contributed by atoms with Gasteiger partial charge >= 0.3 is 21.7 Å². The van der Waals surface area contributed by atoms with Crippen LogP contribution in [0.15, 0.2) is 35.6 Å². The molecule has 1 heterocycles. The third-order valence-corrected chi connectivity index (χ3v) is 3.38. The van der Waals surface area contributed by atoms with E-state index in [1.54, 1.807) is 0 Å². The summed E-state index contributed by atoms with van der Waals surface area (Å²) in [5, 5.41) is 0. The van der Waals surface area contributed by atoms with Gasteiger partial charge in [-0.25, -0.2) is 0 Å². The number of rotatable bonds is 0. The summed E-state index contributed by atoms with van der Waals surface area (Å²) in [6, 6.07) is 0. The van der Waals surface area contributed by atoms with Crippen LogP contribution in [0.3, 0.4) is 0 Å². The molecule has 1 aromatic heterocycles. The molecule has 0 unspecified atom stereocenters. The van der Waals surface area contributed by atoms with Crippen molar-refractivity contribution < 1.29 is 46.5 Å². The number of hydrogen-bond acceptors (Lipinski definition) is 0. The monoisotopic (exact) mass is 401 g/mol. The maximum atomic E-state index is 3.23. The van der Waals surface area contributed by atoms with Gasteiger partial charge in [0.1, 0.15) is 0 Å². The molecule has 0 aromatic carbocycles. The van der Waals surface area contributed by atoms with E-state index in [0.29, 0.717) is 0 Å². The average molecular weight is 402 g/mol. The van der Waals surface area contributed by atoms with Crippen molar-refractivity contribution >= 4 is 0 Å². The van der Waals surface area contributed by atoms with E-state index in [4.69, 9.17) is 0 Å². The molecule has 0 saturated carbocycles. The number of nitrogens with one attached hydrogen (secondary N) is 1.